The number of ether oxygens (including phenoxy) is 1. The van der Waals surface area contributed by atoms with Crippen molar-refractivity contribution in [3.05, 3.63) is 0 Å². The van der Waals surface area contributed by atoms with Crippen LogP contribution in [0.4, 0.5) is 0 Å². The molecule has 1 aliphatic carbocycles. The molecule has 4 heteroatoms. The molecule has 0 heterocycles. The maximum Gasteiger partial charge on any atom is 0.249 e. The molecule has 1 saturated carbocycles. The van der Waals surface area contributed by atoms with Crippen LogP contribution in [0.3, 0.4) is 0 Å². The molecule has 1 aliphatic rings. The lowest BCUT2D eigenvalue weighted by Gasteiger charge is -2.27. The van der Waals surface area contributed by atoms with Crippen molar-refractivity contribution in [2.75, 3.05) is 6.61 Å². The molecule has 0 aromatic rings. The van der Waals surface area contributed by atoms with Gasteiger partial charge in [0.15, 0.2) is 0 Å². The van der Waals surface area contributed by atoms with Gasteiger partial charge in [-0.25, -0.2) is 0 Å². The fraction of sp³-hybridized carbons (Fsp3) is 0.923. The van der Waals surface area contributed by atoms with E-state index in [1.165, 1.54) is 0 Å². The Morgan fingerprint density at radius 1 is 1.41 bits per heavy atom. The largest absolute Gasteiger partial charge is 0.369 e. The van der Waals surface area contributed by atoms with Gasteiger partial charge in [0.2, 0.25) is 5.91 Å². The van der Waals surface area contributed by atoms with Gasteiger partial charge in [0.05, 0.1) is 0 Å². The minimum atomic E-state index is -0.336. The second-order valence-corrected chi connectivity index (χ2v) is 4.99. The van der Waals surface area contributed by atoms with Crippen LogP contribution >= 0.6 is 0 Å². The van der Waals surface area contributed by atoms with Crippen LogP contribution in [0.1, 0.15) is 52.4 Å². The van der Waals surface area contributed by atoms with Gasteiger partial charge in [0.1, 0.15) is 6.10 Å². The summed E-state index contributed by atoms with van der Waals surface area (Å²) < 4.78 is 5.47. The standard InChI is InChI=1S/C13H26N2O2/c1-3-4-9-17-10(2)13(16)15-12-7-5-11(14)6-8-12/h10-12H,3-9,14H2,1-2H3,(H,15,16). The summed E-state index contributed by atoms with van der Waals surface area (Å²) in [5.41, 5.74) is 5.83. The second kappa shape index (κ2) is 7.67. The molecule has 0 bridgehead atoms. The van der Waals surface area contributed by atoms with Gasteiger partial charge in [-0.2, -0.15) is 0 Å². The average Bonchev–Trinajstić information content (AvgIpc) is 2.32. The molecule has 0 spiro atoms. The van der Waals surface area contributed by atoms with Crippen molar-refractivity contribution < 1.29 is 9.53 Å². The third-order valence-electron chi connectivity index (χ3n) is 3.35. The van der Waals surface area contributed by atoms with E-state index < -0.39 is 0 Å². The summed E-state index contributed by atoms with van der Waals surface area (Å²) in [5.74, 6) is 0.0153. The van der Waals surface area contributed by atoms with Gasteiger partial charge in [-0.3, -0.25) is 4.79 Å². The Balaban J connectivity index is 2.19. The number of unbranched alkanes of at least 4 members (excludes halogenated alkanes) is 1. The van der Waals surface area contributed by atoms with E-state index in [9.17, 15) is 4.79 Å². The first-order valence-corrected chi connectivity index (χ1v) is 6.81. The lowest BCUT2D eigenvalue weighted by molar-refractivity contribution is -0.132. The molecule has 1 amide bonds. The second-order valence-electron chi connectivity index (χ2n) is 4.99. The van der Waals surface area contributed by atoms with Crippen molar-refractivity contribution >= 4 is 5.91 Å². The molecule has 17 heavy (non-hydrogen) atoms. The molecule has 0 aliphatic heterocycles. The SMILES string of the molecule is CCCCOC(C)C(=O)NC1CCC(N)CC1. The molecule has 3 N–H and O–H groups in total. The maximum absolute atomic E-state index is 11.8. The molecular formula is C13H26N2O2. The smallest absolute Gasteiger partial charge is 0.249 e. The van der Waals surface area contributed by atoms with Crippen molar-refractivity contribution in [1.29, 1.82) is 0 Å². The Hall–Kier alpha value is -0.610. The van der Waals surface area contributed by atoms with E-state index in [2.05, 4.69) is 12.2 Å². The Bertz CT molecular complexity index is 225. The van der Waals surface area contributed by atoms with Gasteiger partial charge >= 0.3 is 0 Å². The van der Waals surface area contributed by atoms with E-state index in [1.54, 1.807) is 0 Å². The number of carbonyl (C=O) groups excluding carboxylic acids is 1. The highest BCUT2D eigenvalue weighted by Crippen LogP contribution is 2.17. The lowest BCUT2D eigenvalue weighted by Crippen LogP contribution is -2.44. The Morgan fingerprint density at radius 2 is 2.06 bits per heavy atom. The van der Waals surface area contributed by atoms with Crippen molar-refractivity contribution in [1.82, 2.24) is 5.32 Å². The fourth-order valence-electron chi connectivity index (χ4n) is 2.06. The Morgan fingerprint density at radius 3 is 2.65 bits per heavy atom. The fourth-order valence-corrected chi connectivity index (χ4v) is 2.06. The summed E-state index contributed by atoms with van der Waals surface area (Å²) in [5, 5.41) is 3.05. The number of nitrogens with two attached hydrogens (primary N) is 1. The highest BCUT2D eigenvalue weighted by Gasteiger charge is 2.22. The first kappa shape index (κ1) is 14.5. The highest BCUT2D eigenvalue weighted by atomic mass is 16.5. The van der Waals surface area contributed by atoms with Crippen molar-refractivity contribution in [3.8, 4) is 0 Å². The minimum absolute atomic E-state index is 0.0153. The van der Waals surface area contributed by atoms with Crippen LogP contribution < -0.4 is 11.1 Å². The summed E-state index contributed by atoms with van der Waals surface area (Å²) in [6.45, 7) is 4.60. The van der Waals surface area contributed by atoms with E-state index in [1.807, 2.05) is 6.92 Å². The number of hydrogen-bond donors (Lipinski definition) is 2. The number of hydrogen-bond acceptors (Lipinski definition) is 3. The summed E-state index contributed by atoms with van der Waals surface area (Å²) in [6, 6.07) is 0.612. The van der Waals surface area contributed by atoms with Crippen LogP contribution in [0, 0.1) is 0 Å². The van der Waals surface area contributed by atoms with Gasteiger partial charge in [-0.15, -0.1) is 0 Å². The van der Waals surface area contributed by atoms with E-state index in [0.29, 0.717) is 18.7 Å². The molecule has 4 nitrogen and oxygen atoms in total. The third kappa shape index (κ3) is 5.50. The summed E-state index contributed by atoms with van der Waals surface area (Å²) in [7, 11) is 0. The van der Waals surface area contributed by atoms with Crippen molar-refractivity contribution in [2.45, 2.75) is 70.6 Å². The number of amides is 1. The zero-order chi connectivity index (χ0) is 12.7. The monoisotopic (exact) mass is 242 g/mol. The molecular weight excluding hydrogens is 216 g/mol. The van der Waals surface area contributed by atoms with Crippen LogP contribution in [-0.4, -0.2) is 30.7 Å². The van der Waals surface area contributed by atoms with Gasteiger partial charge in [0, 0.05) is 18.7 Å². The van der Waals surface area contributed by atoms with Crippen LogP contribution in [0.25, 0.3) is 0 Å². The van der Waals surface area contributed by atoms with Gasteiger partial charge < -0.3 is 15.8 Å². The zero-order valence-corrected chi connectivity index (χ0v) is 11.1. The van der Waals surface area contributed by atoms with E-state index in [4.69, 9.17) is 10.5 Å². The van der Waals surface area contributed by atoms with Crippen LogP contribution in [0.5, 0.6) is 0 Å². The Kier molecular flexibility index (Phi) is 6.52. The molecule has 0 aromatic carbocycles. The molecule has 0 saturated heterocycles. The summed E-state index contributed by atoms with van der Waals surface area (Å²) in [4.78, 5) is 11.8. The zero-order valence-electron chi connectivity index (χ0n) is 11.1. The normalized spacial score (nSPS) is 26.5. The number of rotatable bonds is 6. The quantitative estimate of drug-likeness (QED) is 0.695. The average molecular weight is 242 g/mol. The van der Waals surface area contributed by atoms with Gasteiger partial charge in [-0.05, 0) is 39.0 Å². The summed E-state index contributed by atoms with van der Waals surface area (Å²) in [6.07, 6.45) is 5.78. The summed E-state index contributed by atoms with van der Waals surface area (Å²) >= 11 is 0. The minimum Gasteiger partial charge on any atom is -0.369 e. The number of nitrogens with one attached hydrogen (secondary N) is 1. The first-order valence-electron chi connectivity index (χ1n) is 6.81. The molecule has 1 fully saturated rings. The predicted molar refractivity (Wildman–Crippen MR) is 68.7 cm³/mol. The predicted octanol–water partition coefficient (Wildman–Crippen LogP) is 1.58. The van der Waals surface area contributed by atoms with Gasteiger partial charge in [0.25, 0.3) is 0 Å². The van der Waals surface area contributed by atoms with Crippen molar-refractivity contribution in [2.24, 2.45) is 5.73 Å². The third-order valence-corrected chi connectivity index (χ3v) is 3.35. The van der Waals surface area contributed by atoms with E-state index in [-0.39, 0.29) is 12.0 Å². The molecule has 0 radical (unpaired) electrons. The lowest BCUT2D eigenvalue weighted by atomic mass is 9.92. The molecule has 100 valence electrons. The highest BCUT2D eigenvalue weighted by molar-refractivity contribution is 5.80. The topological polar surface area (TPSA) is 64.3 Å². The van der Waals surface area contributed by atoms with Gasteiger partial charge in [-0.1, -0.05) is 13.3 Å². The molecule has 1 rings (SSSR count). The molecule has 0 aromatic heterocycles. The van der Waals surface area contributed by atoms with E-state index >= 15 is 0 Å². The Labute approximate surface area is 104 Å². The maximum atomic E-state index is 11.8. The van der Waals surface area contributed by atoms with Crippen LogP contribution in [0.15, 0.2) is 0 Å². The number of carbonyl (C=O) groups is 1. The molecule has 1 atom stereocenters. The van der Waals surface area contributed by atoms with Crippen molar-refractivity contribution in [3.63, 3.8) is 0 Å². The van der Waals surface area contributed by atoms with Crippen LogP contribution in [-0.2, 0) is 9.53 Å². The first-order chi connectivity index (χ1) is 8.13. The molecule has 1 unspecified atom stereocenters. The van der Waals surface area contributed by atoms with E-state index in [0.717, 1.165) is 38.5 Å². The van der Waals surface area contributed by atoms with Crippen LogP contribution in [0.2, 0.25) is 0 Å².